The van der Waals surface area contributed by atoms with Crippen molar-refractivity contribution < 1.29 is 26.5 Å². The number of hydrogen-bond acceptors (Lipinski definition) is 4. The topological polar surface area (TPSA) is 64.6 Å². The first kappa shape index (κ1) is 22.0. The van der Waals surface area contributed by atoms with E-state index in [1.165, 1.54) is 12.1 Å². The Morgan fingerprint density at radius 1 is 1.07 bits per heavy atom. The molecule has 9 heteroatoms. The molecule has 0 unspecified atom stereocenters. The van der Waals surface area contributed by atoms with Gasteiger partial charge in [-0.15, -0.1) is 0 Å². The van der Waals surface area contributed by atoms with E-state index in [0.717, 1.165) is 13.8 Å². The van der Waals surface area contributed by atoms with Gasteiger partial charge in [-0.25, -0.2) is 8.42 Å². The van der Waals surface area contributed by atoms with Crippen molar-refractivity contribution in [3.63, 3.8) is 0 Å². The largest absolute Gasteiger partial charge is 0.494 e. The maximum absolute atomic E-state index is 13.9. The van der Waals surface area contributed by atoms with Gasteiger partial charge >= 0.3 is 7.12 Å². The monoisotopic (exact) mass is 401 g/mol. The first-order valence-electron chi connectivity index (χ1n) is 8.56. The van der Waals surface area contributed by atoms with Gasteiger partial charge < -0.3 is 9.31 Å². The van der Waals surface area contributed by atoms with Crippen molar-refractivity contribution in [3.05, 3.63) is 36.9 Å². The molecular weight excluding hydrogens is 375 g/mol. The lowest BCUT2D eigenvalue weighted by Crippen LogP contribution is -2.55. The van der Waals surface area contributed by atoms with Crippen LogP contribution < -0.4 is 10.2 Å². The third-order valence-electron chi connectivity index (χ3n) is 5.19. The smallest absolute Gasteiger partial charge is 0.399 e. The summed E-state index contributed by atoms with van der Waals surface area (Å²) < 4.78 is 66.7. The predicted molar refractivity (Wildman–Crippen MR) is 102 cm³/mol. The van der Waals surface area contributed by atoms with Crippen LogP contribution >= 0.6 is 0 Å². The normalized spacial score (nSPS) is 19.9. The molecule has 0 amide bonds. The molecule has 5 nitrogen and oxygen atoms in total. The molecule has 0 spiro atoms. The van der Waals surface area contributed by atoms with Crippen LogP contribution in [0.5, 0.6) is 0 Å². The fourth-order valence-corrected chi connectivity index (χ4v) is 3.92. The number of rotatable bonds is 6. The van der Waals surface area contributed by atoms with Crippen LogP contribution in [0.2, 0.25) is 0 Å². The zero-order valence-electron chi connectivity index (χ0n) is 16.5. The molecule has 1 heterocycles. The highest BCUT2D eigenvalue weighted by Crippen LogP contribution is 2.36. The second kappa shape index (κ2) is 6.65. The van der Waals surface area contributed by atoms with E-state index in [0.29, 0.717) is 11.5 Å². The quantitative estimate of drug-likeness (QED) is 0.588. The van der Waals surface area contributed by atoms with Crippen LogP contribution in [0.3, 0.4) is 0 Å². The highest BCUT2D eigenvalue weighted by atomic mass is 32.2. The van der Waals surface area contributed by atoms with Gasteiger partial charge in [0.25, 0.3) is 5.92 Å². The van der Waals surface area contributed by atoms with Crippen molar-refractivity contribution in [2.24, 2.45) is 0 Å². The van der Waals surface area contributed by atoms with Crippen LogP contribution in [0.1, 0.15) is 41.5 Å². The Balaban J connectivity index is 2.24. The van der Waals surface area contributed by atoms with Gasteiger partial charge in [-0.3, -0.25) is 0 Å². The van der Waals surface area contributed by atoms with Crippen LogP contribution in [0.15, 0.2) is 41.8 Å². The van der Waals surface area contributed by atoms with E-state index in [9.17, 15) is 17.2 Å². The van der Waals surface area contributed by atoms with Gasteiger partial charge in [-0.05, 0) is 65.2 Å². The lowest BCUT2D eigenvalue weighted by molar-refractivity contribution is -0.0190. The maximum Gasteiger partial charge on any atom is 0.494 e. The molecule has 1 aromatic carbocycles. The molecule has 1 aliphatic rings. The molecule has 0 radical (unpaired) electrons. The highest BCUT2D eigenvalue weighted by Gasteiger charge is 2.52. The molecule has 150 valence electrons. The minimum Gasteiger partial charge on any atom is -0.399 e. The van der Waals surface area contributed by atoms with Crippen molar-refractivity contribution in [2.75, 3.05) is 0 Å². The summed E-state index contributed by atoms with van der Waals surface area (Å²) in [5.41, 5.74) is -2.43. The standard InChI is InChI=1S/C18H26BF2NO4S/c1-8-18(20,21)15(2,3)22-27(23,24)14-11-9-13(10-12-14)19-25-16(4,5)17(6,7)26-19/h8-12,22H,1H2,2-7H3. The van der Waals surface area contributed by atoms with E-state index < -0.39 is 39.8 Å². The number of alkyl halides is 2. The third kappa shape index (κ3) is 4.11. The fraction of sp³-hybridized carbons (Fsp3) is 0.556. The molecule has 1 saturated heterocycles. The number of benzene rings is 1. The summed E-state index contributed by atoms with van der Waals surface area (Å²) >= 11 is 0. The Kier molecular flexibility index (Phi) is 5.42. The maximum atomic E-state index is 13.9. The van der Waals surface area contributed by atoms with Crippen LogP contribution in [0.4, 0.5) is 8.78 Å². The van der Waals surface area contributed by atoms with E-state index in [-0.39, 0.29) is 4.90 Å². The van der Waals surface area contributed by atoms with Gasteiger partial charge in [0.2, 0.25) is 10.0 Å². The van der Waals surface area contributed by atoms with E-state index in [1.807, 2.05) is 32.4 Å². The molecule has 1 N–H and O–H groups in total. The average molecular weight is 401 g/mol. The minimum absolute atomic E-state index is 0.129. The molecule has 1 aromatic rings. The molecule has 0 bridgehead atoms. The van der Waals surface area contributed by atoms with Crippen molar-refractivity contribution in [3.8, 4) is 0 Å². The summed E-state index contributed by atoms with van der Waals surface area (Å²) in [5.74, 6) is -3.41. The second-order valence-electron chi connectivity index (χ2n) is 8.21. The number of halogens is 2. The Labute approximate surface area is 160 Å². The molecule has 0 saturated carbocycles. The van der Waals surface area contributed by atoms with Crippen LogP contribution in [0, 0.1) is 0 Å². The van der Waals surface area contributed by atoms with Crippen molar-refractivity contribution >= 4 is 22.6 Å². The summed E-state index contributed by atoms with van der Waals surface area (Å²) in [5, 5.41) is 0. The molecule has 1 aliphatic heterocycles. The second-order valence-corrected chi connectivity index (χ2v) is 9.90. The molecule has 27 heavy (non-hydrogen) atoms. The van der Waals surface area contributed by atoms with Crippen LogP contribution in [0.25, 0.3) is 0 Å². The van der Waals surface area contributed by atoms with E-state index in [1.54, 1.807) is 12.1 Å². The molecular formula is C18H26BF2NO4S. The highest BCUT2D eigenvalue weighted by molar-refractivity contribution is 7.89. The molecule has 0 atom stereocenters. The van der Waals surface area contributed by atoms with Crippen molar-refractivity contribution in [1.82, 2.24) is 4.72 Å². The van der Waals surface area contributed by atoms with Gasteiger partial charge in [-0.1, -0.05) is 18.7 Å². The van der Waals surface area contributed by atoms with E-state index in [4.69, 9.17) is 9.31 Å². The van der Waals surface area contributed by atoms with Crippen LogP contribution in [-0.2, 0) is 19.3 Å². The molecule has 1 fully saturated rings. The van der Waals surface area contributed by atoms with E-state index >= 15 is 0 Å². The third-order valence-corrected chi connectivity index (χ3v) is 6.87. The Bertz CT molecular complexity index is 804. The van der Waals surface area contributed by atoms with Gasteiger partial charge in [0, 0.05) is 0 Å². The predicted octanol–water partition coefficient (Wildman–Crippen LogP) is 2.86. The van der Waals surface area contributed by atoms with Crippen LogP contribution in [-0.4, -0.2) is 38.2 Å². The average Bonchev–Trinajstić information content (AvgIpc) is 2.74. The minimum atomic E-state index is -4.16. The Morgan fingerprint density at radius 3 is 1.93 bits per heavy atom. The first-order chi connectivity index (χ1) is 12.0. The number of nitrogens with one attached hydrogen (secondary N) is 1. The zero-order chi connectivity index (χ0) is 20.9. The summed E-state index contributed by atoms with van der Waals surface area (Å²) in [6, 6.07) is 5.78. The number of hydrogen-bond donors (Lipinski definition) is 1. The van der Waals surface area contributed by atoms with Gasteiger partial charge in [0.15, 0.2) is 0 Å². The van der Waals surface area contributed by atoms with Gasteiger partial charge in [-0.2, -0.15) is 13.5 Å². The summed E-state index contributed by atoms with van der Waals surface area (Å²) in [6.45, 7) is 12.9. The molecule has 0 aromatic heterocycles. The SMILES string of the molecule is C=CC(F)(F)C(C)(C)NS(=O)(=O)c1ccc(B2OC(C)(C)C(C)(C)O2)cc1. The lowest BCUT2D eigenvalue weighted by Gasteiger charge is -2.32. The fourth-order valence-electron chi connectivity index (χ4n) is 2.50. The van der Waals surface area contributed by atoms with Gasteiger partial charge in [0.05, 0.1) is 21.6 Å². The molecule has 2 rings (SSSR count). The van der Waals surface area contributed by atoms with Crippen molar-refractivity contribution in [1.29, 1.82) is 0 Å². The molecule has 0 aliphatic carbocycles. The Hall–Kier alpha value is -1.29. The zero-order valence-corrected chi connectivity index (χ0v) is 17.3. The Morgan fingerprint density at radius 2 is 1.52 bits per heavy atom. The summed E-state index contributed by atoms with van der Waals surface area (Å²) in [7, 11) is -4.79. The lowest BCUT2D eigenvalue weighted by atomic mass is 9.79. The van der Waals surface area contributed by atoms with Crippen molar-refractivity contribution in [2.45, 2.75) is 69.1 Å². The number of sulfonamides is 1. The summed E-state index contributed by atoms with van der Waals surface area (Å²) in [6.07, 6.45) is 0.427. The van der Waals surface area contributed by atoms with Gasteiger partial charge in [0.1, 0.15) is 0 Å². The first-order valence-corrected chi connectivity index (χ1v) is 10.0. The van der Waals surface area contributed by atoms with E-state index in [2.05, 4.69) is 6.58 Å². The summed E-state index contributed by atoms with van der Waals surface area (Å²) in [4.78, 5) is -0.129.